The van der Waals surface area contributed by atoms with Gasteiger partial charge in [-0.2, -0.15) is 0 Å². The number of hydrogen-bond acceptors (Lipinski definition) is 3. The fourth-order valence-corrected chi connectivity index (χ4v) is 3.70. The quantitative estimate of drug-likeness (QED) is 0.813. The lowest BCUT2D eigenvalue weighted by atomic mass is 9.90. The van der Waals surface area contributed by atoms with Crippen molar-refractivity contribution in [3.05, 3.63) is 59.3 Å². The molecular formula is C22H29N3O. The number of nitrogens with one attached hydrogen (secondary N) is 1. The zero-order valence-corrected chi connectivity index (χ0v) is 15.9. The van der Waals surface area contributed by atoms with Crippen molar-refractivity contribution >= 4 is 11.7 Å². The molecular weight excluding hydrogens is 322 g/mol. The van der Waals surface area contributed by atoms with Gasteiger partial charge in [-0.1, -0.05) is 50.2 Å². The lowest BCUT2D eigenvalue weighted by Crippen LogP contribution is -2.43. The Morgan fingerprint density at radius 2 is 2.00 bits per heavy atom. The number of rotatable bonds is 7. The molecule has 1 aliphatic carbocycles. The maximum atomic E-state index is 12.3. The highest BCUT2D eigenvalue weighted by Gasteiger charge is 2.27. The molecule has 0 spiro atoms. The predicted molar refractivity (Wildman–Crippen MR) is 106 cm³/mol. The molecule has 1 heterocycles. The van der Waals surface area contributed by atoms with Gasteiger partial charge in [-0.05, 0) is 42.9 Å². The number of anilines is 1. The summed E-state index contributed by atoms with van der Waals surface area (Å²) in [5, 5.41) is 3.42. The normalized spacial score (nSPS) is 16.0. The lowest BCUT2D eigenvalue weighted by molar-refractivity contribution is -0.133. The first-order valence-corrected chi connectivity index (χ1v) is 9.77. The molecule has 1 aromatic heterocycles. The average Bonchev–Trinajstić information content (AvgIpc) is 2.70. The molecule has 2 aromatic rings. The van der Waals surface area contributed by atoms with Crippen molar-refractivity contribution in [1.29, 1.82) is 0 Å². The molecule has 1 amide bonds. The van der Waals surface area contributed by atoms with Crippen LogP contribution in [0.4, 0.5) is 5.82 Å². The van der Waals surface area contributed by atoms with Gasteiger partial charge in [0.05, 0.1) is 0 Å². The van der Waals surface area contributed by atoms with E-state index in [2.05, 4.69) is 53.5 Å². The Hall–Kier alpha value is -2.36. The van der Waals surface area contributed by atoms with Crippen molar-refractivity contribution in [3.63, 3.8) is 0 Å². The van der Waals surface area contributed by atoms with Gasteiger partial charge >= 0.3 is 0 Å². The maximum Gasteiger partial charge on any atom is 0.222 e. The van der Waals surface area contributed by atoms with E-state index in [1.54, 1.807) is 0 Å². The molecule has 0 bridgehead atoms. The Kier molecular flexibility index (Phi) is 6.26. The van der Waals surface area contributed by atoms with Gasteiger partial charge < -0.3 is 10.2 Å². The molecule has 1 atom stereocenters. The Morgan fingerprint density at radius 3 is 2.73 bits per heavy atom. The summed E-state index contributed by atoms with van der Waals surface area (Å²) in [7, 11) is 0. The molecule has 138 valence electrons. The molecule has 1 aliphatic rings. The largest absolute Gasteiger partial charge is 0.366 e. The van der Waals surface area contributed by atoms with E-state index in [0.29, 0.717) is 12.5 Å². The van der Waals surface area contributed by atoms with Crippen LogP contribution in [0.3, 0.4) is 0 Å². The second-order valence-corrected chi connectivity index (χ2v) is 6.98. The minimum atomic E-state index is 0.273. The molecule has 1 N–H and O–H groups in total. The number of pyridine rings is 1. The summed E-state index contributed by atoms with van der Waals surface area (Å²) < 4.78 is 0. The third kappa shape index (κ3) is 4.43. The first-order valence-electron chi connectivity index (χ1n) is 9.77. The second kappa shape index (κ2) is 8.84. The Morgan fingerprint density at radius 1 is 1.19 bits per heavy atom. The van der Waals surface area contributed by atoms with Crippen molar-refractivity contribution in [3.8, 4) is 0 Å². The van der Waals surface area contributed by atoms with Crippen LogP contribution in [0.5, 0.6) is 0 Å². The first-order chi connectivity index (χ1) is 12.7. The summed E-state index contributed by atoms with van der Waals surface area (Å²) >= 11 is 0. The minimum Gasteiger partial charge on any atom is -0.366 e. The van der Waals surface area contributed by atoms with Crippen molar-refractivity contribution in [2.45, 2.75) is 58.5 Å². The number of hydrogen-bond donors (Lipinski definition) is 1. The van der Waals surface area contributed by atoms with Crippen LogP contribution in [0.15, 0.2) is 42.5 Å². The highest BCUT2D eigenvalue weighted by molar-refractivity contribution is 5.76. The van der Waals surface area contributed by atoms with Crippen LogP contribution in [0, 0.1) is 0 Å². The SMILES string of the molecule is CCCN(C(=O)CC)C1CCc2nc(NCc3ccccc3)ccc2C1. The molecule has 1 unspecified atom stereocenters. The molecule has 4 nitrogen and oxygen atoms in total. The van der Waals surface area contributed by atoms with E-state index >= 15 is 0 Å². The molecule has 0 saturated heterocycles. The van der Waals surface area contributed by atoms with Crippen molar-refractivity contribution in [2.75, 3.05) is 11.9 Å². The Balaban J connectivity index is 1.66. The second-order valence-electron chi connectivity index (χ2n) is 6.98. The zero-order chi connectivity index (χ0) is 18.4. The number of amides is 1. The number of aromatic nitrogens is 1. The third-order valence-electron chi connectivity index (χ3n) is 5.08. The van der Waals surface area contributed by atoms with Gasteiger partial charge in [0.2, 0.25) is 5.91 Å². The standard InChI is InChI=1S/C22H29N3O/c1-3-14-25(22(26)4-2)19-11-12-20-18(15-19)10-13-21(24-20)23-16-17-8-6-5-7-9-17/h5-10,13,19H,3-4,11-12,14-16H2,1-2H3,(H,23,24). The number of fused-ring (bicyclic) bond motifs is 1. The highest BCUT2D eigenvalue weighted by Crippen LogP contribution is 2.25. The van der Waals surface area contributed by atoms with E-state index in [-0.39, 0.29) is 5.91 Å². The summed E-state index contributed by atoms with van der Waals surface area (Å²) in [5.74, 6) is 1.20. The van der Waals surface area contributed by atoms with Crippen molar-refractivity contribution < 1.29 is 4.79 Å². The van der Waals surface area contributed by atoms with Crippen LogP contribution in [0.1, 0.15) is 49.9 Å². The van der Waals surface area contributed by atoms with E-state index in [0.717, 1.165) is 44.6 Å². The van der Waals surface area contributed by atoms with Crippen molar-refractivity contribution in [1.82, 2.24) is 9.88 Å². The molecule has 1 aromatic carbocycles. The van der Waals surface area contributed by atoms with Gasteiger partial charge in [0, 0.05) is 31.2 Å². The summed E-state index contributed by atoms with van der Waals surface area (Å²) in [5.41, 5.74) is 3.72. The number of benzene rings is 1. The van der Waals surface area contributed by atoms with Crippen LogP contribution < -0.4 is 5.32 Å². The fourth-order valence-electron chi connectivity index (χ4n) is 3.70. The molecule has 0 fully saturated rings. The Bertz CT molecular complexity index is 729. The lowest BCUT2D eigenvalue weighted by Gasteiger charge is -2.35. The van der Waals surface area contributed by atoms with Gasteiger partial charge in [0.25, 0.3) is 0 Å². The molecule has 26 heavy (non-hydrogen) atoms. The maximum absolute atomic E-state index is 12.3. The summed E-state index contributed by atoms with van der Waals surface area (Å²) in [4.78, 5) is 19.2. The molecule has 4 heteroatoms. The van der Waals surface area contributed by atoms with E-state index in [4.69, 9.17) is 4.98 Å². The van der Waals surface area contributed by atoms with Crippen LogP contribution >= 0.6 is 0 Å². The molecule has 0 aliphatic heterocycles. The van der Waals surface area contributed by atoms with E-state index in [1.165, 1.54) is 16.8 Å². The van der Waals surface area contributed by atoms with Crippen LogP contribution in [-0.4, -0.2) is 28.4 Å². The zero-order valence-electron chi connectivity index (χ0n) is 15.9. The molecule has 0 radical (unpaired) electrons. The first kappa shape index (κ1) is 18.4. The van der Waals surface area contributed by atoms with Crippen LogP contribution in [0.25, 0.3) is 0 Å². The van der Waals surface area contributed by atoms with E-state index < -0.39 is 0 Å². The summed E-state index contributed by atoms with van der Waals surface area (Å²) in [6, 6.07) is 14.9. The van der Waals surface area contributed by atoms with Gasteiger partial charge in [0.1, 0.15) is 5.82 Å². The van der Waals surface area contributed by atoms with Gasteiger partial charge in [-0.3, -0.25) is 4.79 Å². The molecule has 0 saturated carbocycles. The van der Waals surface area contributed by atoms with E-state index in [1.807, 2.05) is 13.0 Å². The third-order valence-corrected chi connectivity index (χ3v) is 5.08. The number of carbonyl (C=O) groups excluding carboxylic acids is 1. The predicted octanol–water partition coefficient (Wildman–Crippen LogP) is 4.20. The Labute approximate surface area is 156 Å². The van der Waals surface area contributed by atoms with E-state index in [9.17, 15) is 4.79 Å². The number of nitrogens with zero attached hydrogens (tertiary/aromatic N) is 2. The smallest absolute Gasteiger partial charge is 0.222 e. The molecule has 3 rings (SSSR count). The van der Waals surface area contributed by atoms with Crippen molar-refractivity contribution in [2.24, 2.45) is 0 Å². The van der Waals surface area contributed by atoms with Gasteiger partial charge in [0.15, 0.2) is 0 Å². The number of aryl methyl sites for hydroxylation is 1. The average molecular weight is 351 g/mol. The van der Waals surface area contributed by atoms with Gasteiger partial charge in [-0.25, -0.2) is 4.98 Å². The summed E-state index contributed by atoms with van der Waals surface area (Å²) in [6.45, 7) is 5.73. The topological polar surface area (TPSA) is 45.2 Å². The monoisotopic (exact) mass is 351 g/mol. The van der Waals surface area contributed by atoms with Gasteiger partial charge in [-0.15, -0.1) is 0 Å². The fraction of sp³-hybridized carbons (Fsp3) is 0.455. The highest BCUT2D eigenvalue weighted by atomic mass is 16.2. The minimum absolute atomic E-state index is 0.273. The number of carbonyl (C=O) groups is 1. The summed E-state index contributed by atoms with van der Waals surface area (Å²) in [6.07, 6.45) is 4.47. The van der Waals surface area contributed by atoms with Crippen LogP contribution in [-0.2, 0) is 24.2 Å². The van der Waals surface area contributed by atoms with Crippen LogP contribution in [0.2, 0.25) is 0 Å².